The number of carbonyl (C=O) groups is 1. The summed E-state index contributed by atoms with van der Waals surface area (Å²) in [5.41, 5.74) is 0.460. The van der Waals surface area contributed by atoms with Crippen LogP contribution in [0.3, 0.4) is 0 Å². The Balaban J connectivity index is 2.26. The van der Waals surface area contributed by atoms with Gasteiger partial charge in [-0.05, 0) is 12.1 Å². The van der Waals surface area contributed by atoms with Crippen molar-refractivity contribution in [3.63, 3.8) is 0 Å². The molecule has 0 fully saturated rings. The number of aromatic hydroxyl groups is 1. The van der Waals surface area contributed by atoms with Crippen LogP contribution in [-0.2, 0) is 14.6 Å². The molecule has 0 heterocycles. The second-order valence-electron chi connectivity index (χ2n) is 4.57. The van der Waals surface area contributed by atoms with Gasteiger partial charge in [0, 0.05) is 16.5 Å². The summed E-state index contributed by atoms with van der Waals surface area (Å²) in [6, 6.07) is 9.98. The highest BCUT2D eigenvalue weighted by molar-refractivity contribution is 7.92. The first-order valence-corrected chi connectivity index (χ1v) is 8.07. The van der Waals surface area contributed by atoms with Crippen molar-refractivity contribution in [3.8, 4) is 5.75 Å². The maximum atomic E-state index is 11.8. The van der Waals surface area contributed by atoms with Gasteiger partial charge in [0.2, 0.25) is 5.91 Å². The normalized spacial score (nSPS) is 11.2. The summed E-state index contributed by atoms with van der Waals surface area (Å²) in [7, 11) is -3.49. The third-order valence-electron chi connectivity index (χ3n) is 2.90. The van der Waals surface area contributed by atoms with Crippen molar-refractivity contribution in [2.45, 2.75) is 0 Å². The first kappa shape index (κ1) is 15.1. The van der Waals surface area contributed by atoms with Gasteiger partial charge in [0.15, 0.2) is 9.84 Å². The van der Waals surface area contributed by atoms with Gasteiger partial charge in [0.05, 0.1) is 5.75 Å². The van der Waals surface area contributed by atoms with E-state index >= 15 is 0 Å². The highest BCUT2D eigenvalue weighted by Crippen LogP contribution is 2.29. The number of hydrogen-bond donors (Lipinski definition) is 2. The van der Waals surface area contributed by atoms with E-state index < -0.39 is 21.5 Å². The molecule has 0 aliphatic heterocycles. The molecule has 0 aliphatic carbocycles. The van der Waals surface area contributed by atoms with Crippen LogP contribution in [0.1, 0.15) is 0 Å². The van der Waals surface area contributed by atoms with Crippen LogP contribution in [0.2, 0.25) is 0 Å². The van der Waals surface area contributed by atoms with Crippen LogP contribution in [0.15, 0.2) is 49.1 Å². The molecule has 0 spiro atoms. The number of benzene rings is 2. The summed E-state index contributed by atoms with van der Waals surface area (Å²) in [5, 5.41) is 13.6. The molecule has 2 aromatic rings. The van der Waals surface area contributed by atoms with Crippen LogP contribution in [0.5, 0.6) is 5.75 Å². The van der Waals surface area contributed by atoms with E-state index in [0.29, 0.717) is 16.5 Å². The molecule has 0 atom stereocenters. The minimum Gasteiger partial charge on any atom is -0.507 e. The number of carbonyl (C=O) groups excluding carboxylic acids is 1. The average Bonchev–Trinajstić information content (AvgIpc) is 2.39. The fraction of sp³-hybridized carbons (Fsp3) is 0.133. The Kier molecular flexibility index (Phi) is 4.28. The fourth-order valence-corrected chi connectivity index (χ4v) is 2.98. The first-order chi connectivity index (χ1) is 9.93. The molecule has 110 valence electrons. The van der Waals surface area contributed by atoms with Crippen LogP contribution in [0, 0.1) is 0 Å². The Morgan fingerprint density at radius 3 is 2.57 bits per heavy atom. The van der Waals surface area contributed by atoms with Gasteiger partial charge >= 0.3 is 0 Å². The molecule has 1 amide bonds. The van der Waals surface area contributed by atoms with Gasteiger partial charge in [0.1, 0.15) is 11.5 Å². The standard InChI is InChI=1S/C15H15NO4S/c1-2-9-21(19,20)10-15(18)16-13-7-3-6-12-11(13)5-4-8-14(12)17/h2-8,17H,1,9-10H2,(H,16,18). The molecule has 0 radical (unpaired) electrons. The fourth-order valence-electron chi connectivity index (χ4n) is 2.03. The molecule has 2 N–H and O–H groups in total. The Labute approximate surface area is 122 Å². The molecule has 0 unspecified atom stereocenters. The van der Waals surface area contributed by atoms with Crippen molar-refractivity contribution in [1.82, 2.24) is 0 Å². The van der Waals surface area contributed by atoms with Gasteiger partial charge in [0.25, 0.3) is 0 Å². The number of phenolic OH excluding ortho intramolecular Hbond substituents is 1. The summed E-state index contributed by atoms with van der Waals surface area (Å²) in [6.45, 7) is 3.35. The number of nitrogens with one attached hydrogen (secondary N) is 1. The number of hydrogen-bond acceptors (Lipinski definition) is 4. The topological polar surface area (TPSA) is 83.5 Å². The number of fused-ring (bicyclic) bond motifs is 1. The van der Waals surface area contributed by atoms with Crippen molar-refractivity contribution in [1.29, 1.82) is 0 Å². The Bertz CT molecular complexity index is 796. The molecular formula is C15H15NO4S. The predicted octanol–water partition coefficient (Wildman–Crippen LogP) is 2.08. The molecule has 0 saturated carbocycles. The lowest BCUT2D eigenvalue weighted by Crippen LogP contribution is -2.24. The molecule has 0 aliphatic rings. The van der Waals surface area contributed by atoms with Gasteiger partial charge in [-0.1, -0.05) is 30.3 Å². The Morgan fingerprint density at radius 2 is 1.86 bits per heavy atom. The third-order valence-corrected chi connectivity index (χ3v) is 4.34. The lowest BCUT2D eigenvalue weighted by molar-refractivity contribution is -0.113. The number of rotatable bonds is 5. The largest absolute Gasteiger partial charge is 0.507 e. The van der Waals surface area contributed by atoms with E-state index in [9.17, 15) is 18.3 Å². The Morgan fingerprint density at radius 1 is 1.19 bits per heavy atom. The highest BCUT2D eigenvalue weighted by Gasteiger charge is 2.16. The number of phenols is 1. The second kappa shape index (κ2) is 5.97. The van der Waals surface area contributed by atoms with Crippen molar-refractivity contribution in [2.24, 2.45) is 0 Å². The molecule has 2 aromatic carbocycles. The average molecular weight is 305 g/mol. The Hall–Kier alpha value is -2.34. The van der Waals surface area contributed by atoms with E-state index in [2.05, 4.69) is 11.9 Å². The monoisotopic (exact) mass is 305 g/mol. The van der Waals surface area contributed by atoms with Gasteiger partial charge in [-0.2, -0.15) is 0 Å². The van der Waals surface area contributed by atoms with Crippen LogP contribution in [0.4, 0.5) is 5.69 Å². The zero-order valence-electron chi connectivity index (χ0n) is 11.2. The van der Waals surface area contributed by atoms with Gasteiger partial charge in [-0.3, -0.25) is 4.79 Å². The summed E-state index contributed by atoms with van der Waals surface area (Å²) >= 11 is 0. The van der Waals surface area contributed by atoms with Crippen LogP contribution in [0.25, 0.3) is 10.8 Å². The lowest BCUT2D eigenvalue weighted by Gasteiger charge is -2.09. The quantitative estimate of drug-likeness (QED) is 0.828. The minimum absolute atomic E-state index is 0.0999. The van der Waals surface area contributed by atoms with Crippen molar-refractivity contribution < 1.29 is 18.3 Å². The van der Waals surface area contributed by atoms with Gasteiger partial charge in [-0.25, -0.2) is 8.42 Å². The maximum absolute atomic E-state index is 11.8. The van der Waals surface area contributed by atoms with E-state index in [0.717, 1.165) is 0 Å². The summed E-state index contributed by atoms with van der Waals surface area (Å²) in [6.07, 6.45) is 1.25. The van der Waals surface area contributed by atoms with E-state index in [1.807, 2.05) is 0 Å². The third kappa shape index (κ3) is 3.61. The van der Waals surface area contributed by atoms with Crippen LogP contribution >= 0.6 is 0 Å². The molecule has 0 aromatic heterocycles. The van der Waals surface area contributed by atoms with E-state index in [1.165, 1.54) is 6.08 Å². The smallest absolute Gasteiger partial charge is 0.239 e. The predicted molar refractivity (Wildman–Crippen MR) is 83.1 cm³/mol. The number of amides is 1. The maximum Gasteiger partial charge on any atom is 0.239 e. The SMILES string of the molecule is C=CCS(=O)(=O)CC(=O)Nc1cccc2c(O)cccc12. The van der Waals surface area contributed by atoms with Crippen LogP contribution < -0.4 is 5.32 Å². The van der Waals surface area contributed by atoms with Gasteiger partial charge in [-0.15, -0.1) is 6.58 Å². The molecular weight excluding hydrogens is 290 g/mol. The minimum atomic E-state index is -3.49. The molecule has 2 rings (SSSR count). The number of sulfone groups is 1. The zero-order chi connectivity index (χ0) is 15.5. The molecule has 0 saturated heterocycles. The van der Waals surface area contributed by atoms with Crippen molar-refractivity contribution in [2.75, 3.05) is 16.8 Å². The molecule has 5 nitrogen and oxygen atoms in total. The lowest BCUT2D eigenvalue weighted by atomic mass is 10.1. The van der Waals surface area contributed by atoms with E-state index in [-0.39, 0.29) is 11.5 Å². The van der Waals surface area contributed by atoms with E-state index in [4.69, 9.17) is 0 Å². The van der Waals surface area contributed by atoms with Crippen molar-refractivity contribution >= 4 is 32.2 Å². The first-order valence-electron chi connectivity index (χ1n) is 6.25. The summed E-state index contributed by atoms with van der Waals surface area (Å²) in [5.74, 6) is -1.36. The van der Waals surface area contributed by atoms with Crippen molar-refractivity contribution in [3.05, 3.63) is 49.1 Å². The summed E-state index contributed by atoms with van der Waals surface area (Å²) in [4.78, 5) is 11.8. The number of anilines is 1. The van der Waals surface area contributed by atoms with Gasteiger partial charge < -0.3 is 10.4 Å². The molecule has 21 heavy (non-hydrogen) atoms. The summed E-state index contributed by atoms with van der Waals surface area (Å²) < 4.78 is 23.2. The molecule has 0 bridgehead atoms. The molecule has 6 heteroatoms. The zero-order valence-corrected chi connectivity index (χ0v) is 12.1. The van der Waals surface area contributed by atoms with E-state index in [1.54, 1.807) is 36.4 Å². The highest BCUT2D eigenvalue weighted by atomic mass is 32.2. The van der Waals surface area contributed by atoms with Crippen LogP contribution in [-0.4, -0.2) is 30.9 Å². The second-order valence-corrected chi connectivity index (χ2v) is 6.68.